The topological polar surface area (TPSA) is 102 Å². The Morgan fingerprint density at radius 2 is 1.65 bits per heavy atom. The quantitative estimate of drug-likeness (QED) is 0.216. The average molecular weight is 461 g/mol. The number of rotatable bonds is 7. The molecule has 0 fully saturated rings. The summed E-state index contributed by atoms with van der Waals surface area (Å²) in [5.74, 6) is -0.674. The van der Waals surface area contributed by atoms with Crippen molar-refractivity contribution in [3.05, 3.63) is 69.5 Å². The number of anilines is 1. The maximum Gasteiger partial charge on any atom is 0.208 e. The van der Waals surface area contributed by atoms with Crippen LogP contribution in [0.3, 0.4) is 0 Å². The van der Waals surface area contributed by atoms with Crippen molar-refractivity contribution in [2.45, 2.75) is 32.6 Å². The molecule has 8 heteroatoms. The molecule has 0 heterocycles. The Morgan fingerprint density at radius 3 is 2.29 bits per heavy atom. The molecule has 0 bridgehead atoms. The predicted molar refractivity (Wildman–Crippen MR) is 124 cm³/mol. The first kappa shape index (κ1) is 22.7. The number of ketones is 1. The summed E-state index contributed by atoms with van der Waals surface area (Å²) in [7, 11) is 0. The molecule has 0 saturated carbocycles. The van der Waals surface area contributed by atoms with Gasteiger partial charge in [0.1, 0.15) is 23.0 Å². The number of hydrogen-bond acceptors (Lipinski definition) is 6. The van der Waals surface area contributed by atoms with Crippen molar-refractivity contribution in [3.63, 3.8) is 0 Å². The molecule has 2 aromatic carbocycles. The summed E-state index contributed by atoms with van der Waals surface area (Å²) < 4.78 is 0. The van der Waals surface area contributed by atoms with Crippen LogP contribution >= 0.6 is 23.2 Å². The molecule has 2 aromatic rings. The van der Waals surface area contributed by atoms with Gasteiger partial charge >= 0.3 is 0 Å². The monoisotopic (exact) mass is 460 g/mol. The van der Waals surface area contributed by atoms with Gasteiger partial charge in [-0.2, -0.15) is 0 Å². The van der Waals surface area contributed by atoms with E-state index in [9.17, 15) is 20.1 Å². The van der Waals surface area contributed by atoms with Crippen LogP contribution < -0.4 is 5.32 Å². The standard InChI is InChI=1S/C23H22Cl2N2O4/c1-2-3-4-5-15-22(26-18-8-6-13(28)10-16(18)24)20(30)12-21(31)23(15)27-19-9-7-14(29)11-17(19)25/h6-12,26,28-30H,2-5H2,1H3. The van der Waals surface area contributed by atoms with Gasteiger partial charge in [-0.1, -0.05) is 43.0 Å². The van der Waals surface area contributed by atoms with Gasteiger partial charge in [0.15, 0.2) is 0 Å². The highest BCUT2D eigenvalue weighted by Crippen LogP contribution is 2.34. The Labute approximate surface area is 190 Å². The number of phenols is 2. The molecule has 1 aliphatic rings. The van der Waals surface area contributed by atoms with Gasteiger partial charge < -0.3 is 20.6 Å². The van der Waals surface area contributed by atoms with Crippen LogP contribution in [0.15, 0.2) is 64.5 Å². The summed E-state index contributed by atoms with van der Waals surface area (Å²) in [5, 5.41) is 33.3. The second-order valence-corrected chi connectivity index (χ2v) is 7.90. The molecule has 6 nitrogen and oxygen atoms in total. The molecule has 4 N–H and O–H groups in total. The van der Waals surface area contributed by atoms with Crippen LogP contribution in [-0.4, -0.2) is 26.8 Å². The summed E-state index contributed by atoms with van der Waals surface area (Å²) in [6.45, 7) is 2.07. The molecule has 0 aromatic heterocycles. The molecule has 0 atom stereocenters. The van der Waals surface area contributed by atoms with Crippen LogP contribution in [0.4, 0.5) is 11.4 Å². The van der Waals surface area contributed by atoms with Crippen molar-refractivity contribution in [1.82, 2.24) is 0 Å². The highest BCUT2D eigenvalue weighted by atomic mass is 35.5. The third kappa shape index (κ3) is 5.40. The molecule has 0 unspecified atom stereocenters. The first-order valence-corrected chi connectivity index (χ1v) is 10.6. The van der Waals surface area contributed by atoms with Crippen LogP contribution in [0.1, 0.15) is 32.6 Å². The molecule has 0 saturated heterocycles. The molecule has 0 amide bonds. The fourth-order valence-electron chi connectivity index (χ4n) is 3.19. The minimum absolute atomic E-state index is 0.00972. The van der Waals surface area contributed by atoms with Gasteiger partial charge in [0, 0.05) is 23.8 Å². The number of halogens is 2. The minimum atomic E-state index is -0.449. The molecule has 3 rings (SSSR count). The van der Waals surface area contributed by atoms with Crippen LogP contribution in [-0.2, 0) is 4.79 Å². The zero-order chi connectivity index (χ0) is 22.5. The lowest BCUT2D eigenvalue weighted by atomic mass is 9.92. The maximum absolute atomic E-state index is 12.8. The molecular weight excluding hydrogens is 439 g/mol. The molecule has 0 aliphatic heterocycles. The van der Waals surface area contributed by atoms with E-state index in [1.807, 2.05) is 0 Å². The van der Waals surface area contributed by atoms with Crippen molar-refractivity contribution >= 4 is 46.1 Å². The molecular formula is C23H22Cl2N2O4. The number of carbonyl (C=O) groups is 1. The van der Waals surface area contributed by atoms with Crippen molar-refractivity contribution in [1.29, 1.82) is 0 Å². The Kier molecular flexibility index (Phi) is 7.25. The Balaban J connectivity index is 2.11. The number of aromatic hydroxyl groups is 2. The van der Waals surface area contributed by atoms with E-state index in [0.717, 1.165) is 25.3 Å². The number of phenolic OH excluding ortho intramolecular Hbond substituents is 2. The summed E-state index contributed by atoms with van der Waals surface area (Å²) in [6, 6.07) is 8.71. The van der Waals surface area contributed by atoms with Crippen LogP contribution in [0.2, 0.25) is 10.0 Å². The van der Waals surface area contributed by atoms with Gasteiger partial charge in [-0.05, 0) is 37.1 Å². The lowest BCUT2D eigenvalue weighted by molar-refractivity contribution is -0.109. The number of aliphatic imine (C=N–C) groups is 1. The van der Waals surface area contributed by atoms with Gasteiger partial charge in [0.25, 0.3) is 0 Å². The van der Waals surface area contributed by atoms with Gasteiger partial charge in [-0.3, -0.25) is 4.79 Å². The Hall–Kier alpha value is -2.96. The minimum Gasteiger partial charge on any atom is -0.508 e. The third-order valence-electron chi connectivity index (χ3n) is 4.75. The highest BCUT2D eigenvalue weighted by Gasteiger charge is 2.27. The highest BCUT2D eigenvalue weighted by molar-refractivity contribution is 6.51. The second-order valence-electron chi connectivity index (χ2n) is 7.09. The number of unbranched alkanes of at least 4 members (excludes halogenated alkanes) is 2. The summed E-state index contributed by atoms with van der Waals surface area (Å²) >= 11 is 12.4. The van der Waals surface area contributed by atoms with E-state index in [0.29, 0.717) is 29.1 Å². The summed E-state index contributed by atoms with van der Waals surface area (Å²) in [5.41, 5.74) is 1.79. The number of allylic oxidation sites excluding steroid dienone is 2. The number of nitrogens with one attached hydrogen (secondary N) is 1. The van der Waals surface area contributed by atoms with Crippen molar-refractivity contribution < 1.29 is 20.1 Å². The molecule has 162 valence electrons. The van der Waals surface area contributed by atoms with E-state index >= 15 is 0 Å². The zero-order valence-corrected chi connectivity index (χ0v) is 18.3. The fourth-order valence-corrected chi connectivity index (χ4v) is 3.63. The smallest absolute Gasteiger partial charge is 0.208 e. The fraction of sp³-hybridized carbons (Fsp3) is 0.217. The molecule has 0 radical (unpaired) electrons. The van der Waals surface area contributed by atoms with E-state index in [4.69, 9.17) is 23.2 Å². The van der Waals surface area contributed by atoms with Crippen LogP contribution in [0.25, 0.3) is 0 Å². The van der Waals surface area contributed by atoms with Gasteiger partial charge in [-0.15, -0.1) is 0 Å². The summed E-state index contributed by atoms with van der Waals surface area (Å²) in [6.07, 6.45) is 4.27. The van der Waals surface area contributed by atoms with Gasteiger partial charge in [-0.25, -0.2) is 4.99 Å². The second kappa shape index (κ2) is 9.90. The molecule has 0 spiro atoms. The average Bonchev–Trinajstić information content (AvgIpc) is 2.70. The van der Waals surface area contributed by atoms with Gasteiger partial charge in [0.05, 0.1) is 27.1 Å². The van der Waals surface area contributed by atoms with E-state index in [1.165, 1.54) is 30.3 Å². The number of benzene rings is 2. The van der Waals surface area contributed by atoms with Crippen LogP contribution in [0, 0.1) is 0 Å². The molecule has 1 aliphatic carbocycles. The number of hydrogen-bond donors (Lipinski definition) is 4. The summed E-state index contributed by atoms with van der Waals surface area (Å²) in [4.78, 5) is 17.2. The van der Waals surface area contributed by atoms with Crippen molar-refractivity contribution in [3.8, 4) is 11.5 Å². The molecule has 31 heavy (non-hydrogen) atoms. The van der Waals surface area contributed by atoms with E-state index in [2.05, 4.69) is 17.2 Å². The normalized spacial score (nSPS) is 15.4. The van der Waals surface area contributed by atoms with Crippen molar-refractivity contribution in [2.75, 3.05) is 5.32 Å². The number of nitrogens with zero attached hydrogens (tertiary/aromatic N) is 1. The Bertz CT molecular complexity index is 1110. The van der Waals surface area contributed by atoms with Crippen molar-refractivity contribution in [2.24, 2.45) is 4.99 Å². The SMILES string of the molecule is CCCCCC1=C(Nc2ccc(O)cc2Cl)C(O)=CC(=O)C1=Nc1ccc(O)cc1Cl. The zero-order valence-electron chi connectivity index (χ0n) is 16.8. The number of aliphatic hydroxyl groups excluding tert-OH is 1. The lowest BCUT2D eigenvalue weighted by Crippen LogP contribution is -2.25. The third-order valence-corrected chi connectivity index (χ3v) is 5.37. The predicted octanol–water partition coefficient (Wildman–Crippen LogP) is 6.45. The first-order valence-electron chi connectivity index (χ1n) is 9.81. The largest absolute Gasteiger partial charge is 0.508 e. The Morgan fingerprint density at radius 1 is 0.968 bits per heavy atom. The number of aliphatic hydroxyl groups is 1. The van der Waals surface area contributed by atoms with E-state index in [1.54, 1.807) is 6.07 Å². The van der Waals surface area contributed by atoms with Gasteiger partial charge in [0.2, 0.25) is 5.78 Å². The first-order chi connectivity index (χ1) is 14.8. The lowest BCUT2D eigenvalue weighted by Gasteiger charge is -2.22. The maximum atomic E-state index is 12.8. The number of carbonyl (C=O) groups excluding carboxylic acids is 1. The van der Waals surface area contributed by atoms with E-state index < -0.39 is 5.78 Å². The van der Waals surface area contributed by atoms with E-state index in [-0.39, 0.29) is 33.0 Å². The van der Waals surface area contributed by atoms with Crippen LogP contribution in [0.5, 0.6) is 11.5 Å².